The van der Waals surface area contributed by atoms with Gasteiger partial charge in [-0.25, -0.2) is 0 Å². The minimum Gasteiger partial charge on any atom is -0.353 e. The van der Waals surface area contributed by atoms with Crippen molar-refractivity contribution >= 4 is 5.91 Å². The average Bonchev–Trinajstić information content (AvgIpc) is 2.56. The Balaban J connectivity index is 1.69. The first kappa shape index (κ1) is 13.9. The van der Waals surface area contributed by atoms with Crippen molar-refractivity contribution in [2.24, 2.45) is 11.8 Å². The Bertz CT molecular complexity index is 261. The molecule has 0 aromatic carbocycles. The number of carbonyl (C=O) groups excluding carboxylic acids is 1. The third-order valence-corrected chi connectivity index (χ3v) is 4.56. The predicted molar refractivity (Wildman–Crippen MR) is 74.4 cm³/mol. The summed E-state index contributed by atoms with van der Waals surface area (Å²) in [5, 5.41) is 6.62. The van der Waals surface area contributed by atoms with Crippen LogP contribution in [0.3, 0.4) is 0 Å². The highest BCUT2D eigenvalue weighted by molar-refractivity contribution is 5.76. The Hall–Kier alpha value is -0.570. The van der Waals surface area contributed by atoms with E-state index in [9.17, 15) is 4.79 Å². The van der Waals surface area contributed by atoms with Crippen molar-refractivity contribution in [1.29, 1.82) is 0 Å². The lowest BCUT2D eigenvalue weighted by Gasteiger charge is -2.23. The van der Waals surface area contributed by atoms with Crippen molar-refractivity contribution in [2.45, 2.75) is 64.3 Å². The maximum Gasteiger partial charge on any atom is 0.220 e. The van der Waals surface area contributed by atoms with Crippen LogP contribution < -0.4 is 10.6 Å². The summed E-state index contributed by atoms with van der Waals surface area (Å²) < 4.78 is 0. The quantitative estimate of drug-likeness (QED) is 0.758. The fourth-order valence-electron chi connectivity index (χ4n) is 3.27. The zero-order chi connectivity index (χ0) is 12.8. The van der Waals surface area contributed by atoms with Crippen molar-refractivity contribution < 1.29 is 4.79 Å². The number of hydrogen-bond acceptors (Lipinski definition) is 2. The van der Waals surface area contributed by atoms with Gasteiger partial charge in [-0.2, -0.15) is 0 Å². The van der Waals surface area contributed by atoms with E-state index >= 15 is 0 Å². The minimum absolute atomic E-state index is 0.293. The van der Waals surface area contributed by atoms with Crippen molar-refractivity contribution in [3.8, 4) is 0 Å². The third kappa shape index (κ3) is 4.60. The molecule has 1 aliphatic carbocycles. The molecule has 0 radical (unpaired) electrons. The van der Waals surface area contributed by atoms with Gasteiger partial charge in [-0.3, -0.25) is 4.79 Å². The molecule has 2 aliphatic rings. The molecule has 2 N–H and O–H groups in total. The third-order valence-electron chi connectivity index (χ3n) is 4.56. The predicted octanol–water partition coefficient (Wildman–Crippen LogP) is 2.46. The number of piperidine rings is 1. The standard InChI is InChI=1S/C15H28N2O/c1-12-3-2-4-14(6-5-12)17-15(18)11-13-7-9-16-10-8-13/h12-14,16H,2-11H2,1H3,(H,17,18). The van der Waals surface area contributed by atoms with Crippen LogP contribution in [-0.2, 0) is 4.79 Å². The minimum atomic E-state index is 0.293. The zero-order valence-electron chi connectivity index (χ0n) is 11.7. The summed E-state index contributed by atoms with van der Waals surface area (Å²) in [4.78, 5) is 12.0. The maximum absolute atomic E-state index is 12.0. The van der Waals surface area contributed by atoms with Crippen LogP contribution >= 0.6 is 0 Å². The number of rotatable bonds is 3. The Morgan fingerprint density at radius 2 is 1.89 bits per heavy atom. The van der Waals surface area contributed by atoms with E-state index in [-0.39, 0.29) is 0 Å². The lowest BCUT2D eigenvalue weighted by molar-refractivity contribution is -0.123. The Labute approximate surface area is 111 Å². The molecular weight excluding hydrogens is 224 g/mol. The molecule has 1 amide bonds. The van der Waals surface area contributed by atoms with Crippen molar-refractivity contribution in [1.82, 2.24) is 10.6 Å². The molecule has 2 atom stereocenters. The van der Waals surface area contributed by atoms with Crippen molar-refractivity contribution in [2.75, 3.05) is 13.1 Å². The molecule has 0 aromatic rings. The van der Waals surface area contributed by atoms with Gasteiger partial charge in [0.1, 0.15) is 0 Å². The van der Waals surface area contributed by atoms with Crippen LogP contribution in [0.25, 0.3) is 0 Å². The van der Waals surface area contributed by atoms with Crippen LogP contribution in [0.2, 0.25) is 0 Å². The van der Waals surface area contributed by atoms with E-state index in [1.165, 1.54) is 32.1 Å². The van der Waals surface area contributed by atoms with Gasteiger partial charge in [0.2, 0.25) is 5.91 Å². The van der Waals surface area contributed by atoms with Gasteiger partial charge in [0.25, 0.3) is 0 Å². The van der Waals surface area contributed by atoms with Crippen LogP contribution in [0.15, 0.2) is 0 Å². The molecule has 0 spiro atoms. The highest BCUT2D eigenvalue weighted by atomic mass is 16.1. The molecule has 18 heavy (non-hydrogen) atoms. The van der Waals surface area contributed by atoms with Crippen LogP contribution in [0, 0.1) is 11.8 Å². The van der Waals surface area contributed by atoms with E-state index in [1.54, 1.807) is 0 Å². The van der Waals surface area contributed by atoms with Crippen molar-refractivity contribution in [3.05, 3.63) is 0 Å². The Morgan fingerprint density at radius 3 is 2.67 bits per heavy atom. The number of nitrogens with one attached hydrogen (secondary N) is 2. The second kappa shape index (κ2) is 7.13. The largest absolute Gasteiger partial charge is 0.353 e. The van der Waals surface area contributed by atoms with Gasteiger partial charge in [0, 0.05) is 12.5 Å². The molecule has 1 saturated heterocycles. The SMILES string of the molecule is CC1CCCC(NC(=O)CC2CCNCC2)CC1. The second-order valence-corrected chi connectivity index (χ2v) is 6.28. The van der Waals surface area contributed by atoms with E-state index in [1.807, 2.05) is 0 Å². The fraction of sp³-hybridized carbons (Fsp3) is 0.933. The molecule has 3 heteroatoms. The summed E-state index contributed by atoms with van der Waals surface area (Å²) in [5.41, 5.74) is 0. The molecule has 104 valence electrons. The van der Waals surface area contributed by atoms with Crippen LogP contribution in [0.5, 0.6) is 0 Å². The molecule has 2 rings (SSSR count). The summed E-state index contributed by atoms with van der Waals surface area (Å²) in [6.07, 6.45) is 9.32. The van der Waals surface area contributed by atoms with Crippen LogP contribution in [0.4, 0.5) is 0 Å². The molecule has 2 unspecified atom stereocenters. The number of amides is 1. The first-order valence-corrected chi connectivity index (χ1v) is 7.74. The van der Waals surface area contributed by atoms with Gasteiger partial charge >= 0.3 is 0 Å². The topological polar surface area (TPSA) is 41.1 Å². The van der Waals surface area contributed by atoms with E-state index in [4.69, 9.17) is 0 Å². The number of hydrogen-bond donors (Lipinski definition) is 2. The van der Waals surface area contributed by atoms with E-state index in [0.717, 1.165) is 38.3 Å². The Morgan fingerprint density at radius 1 is 1.11 bits per heavy atom. The highest BCUT2D eigenvalue weighted by Gasteiger charge is 2.21. The molecular formula is C15H28N2O. The lowest BCUT2D eigenvalue weighted by Crippen LogP contribution is -2.37. The van der Waals surface area contributed by atoms with Gasteiger partial charge in [-0.1, -0.05) is 19.8 Å². The van der Waals surface area contributed by atoms with Gasteiger partial charge in [-0.05, 0) is 57.0 Å². The summed E-state index contributed by atoms with van der Waals surface area (Å²) in [7, 11) is 0. The van der Waals surface area contributed by atoms with Crippen LogP contribution in [0.1, 0.15) is 58.3 Å². The maximum atomic E-state index is 12.0. The number of carbonyl (C=O) groups is 1. The molecule has 3 nitrogen and oxygen atoms in total. The summed E-state index contributed by atoms with van der Waals surface area (Å²) in [6, 6.07) is 0.448. The van der Waals surface area contributed by atoms with Gasteiger partial charge < -0.3 is 10.6 Å². The van der Waals surface area contributed by atoms with Crippen LogP contribution in [-0.4, -0.2) is 25.0 Å². The second-order valence-electron chi connectivity index (χ2n) is 6.28. The normalized spacial score (nSPS) is 30.7. The molecule has 1 saturated carbocycles. The smallest absolute Gasteiger partial charge is 0.220 e. The van der Waals surface area contributed by atoms with Gasteiger partial charge in [-0.15, -0.1) is 0 Å². The summed E-state index contributed by atoms with van der Waals surface area (Å²) in [5.74, 6) is 1.74. The molecule has 1 heterocycles. The van der Waals surface area contributed by atoms with E-state index < -0.39 is 0 Å². The average molecular weight is 252 g/mol. The van der Waals surface area contributed by atoms with Gasteiger partial charge in [0.15, 0.2) is 0 Å². The van der Waals surface area contributed by atoms with Gasteiger partial charge in [0.05, 0.1) is 0 Å². The molecule has 0 bridgehead atoms. The lowest BCUT2D eigenvalue weighted by atomic mass is 9.94. The molecule has 2 fully saturated rings. The van der Waals surface area contributed by atoms with Crippen molar-refractivity contribution in [3.63, 3.8) is 0 Å². The summed E-state index contributed by atoms with van der Waals surface area (Å²) >= 11 is 0. The van der Waals surface area contributed by atoms with E-state index in [0.29, 0.717) is 17.9 Å². The molecule has 1 aliphatic heterocycles. The fourth-order valence-corrected chi connectivity index (χ4v) is 3.27. The monoisotopic (exact) mass is 252 g/mol. The Kier molecular flexibility index (Phi) is 5.48. The first-order chi connectivity index (χ1) is 8.74. The highest BCUT2D eigenvalue weighted by Crippen LogP contribution is 2.23. The molecule has 0 aromatic heterocycles. The van der Waals surface area contributed by atoms with E-state index in [2.05, 4.69) is 17.6 Å². The summed E-state index contributed by atoms with van der Waals surface area (Å²) in [6.45, 7) is 4.50. The zero-order valence-corrected chi connectivity index (χ0v) is 11.7. The first-order valence-electron chi connectivity index (χ1n) is 7.74.